The largest absolute Gasteiger partial charge is 0.480 e. The smallest absolute Gasteiger partial charge is 0.323 e. The van der Waals surface area contributed by atoms with E-state index in [-0.39, 0.29) is 0 Å². The van der Waals surface area contributed by atoms with Crippen LogP contribution in [-0.4, -0.2) is 36.8 Å². The predicted octanol–water partition coefficient (Wildman–Crippen LogP) is 3.05. The van der Waals surface area contributed by atoms with Gasteiger partial charge in [0.05, 0.1) is 0 Å². The van der Waals surface area contributed by atoms with E-state index in [1.807, 2.05) is 19.1 Å². The Kier molecular flexibility index (Phi) is 6.69. The average molecular weight is 292 g/mol. The van der Waals surface area contributed by atoms with Crippen LogP contribution in [0, 0.1) is 6.92 Å². The summed E-state index contributed by atoms with van der Waals surface area (Å²) in [4.78, 5) is 13.6. The minimum Gasteiger partial charge on any atom is -0.480 e. The summed E-state index contributed by atoms with van der Waals surface area (Å²) in [5, 5.41) is 12.6. The zero-order valence-electron chi connectivity index (χ0n) is 13.6. The van der Waals surface area contributed by atoms with Gasteiger partial charge in [-0.1, -0.05) is 25.1 Å². The van der Waals surface area contributed by atoms with E-state index >= 15 is 0 Å². The van der Waals surface area contributed by atoms with Gasteiger partial charge in [-0.25, -0.2) is 0 Å². The van der Waals surface area contributed by atoms with Gasteiger partial charge in [0.2, 0.25) is 0 Å². The van der Waals surface area contributed by atoms with Gasteiger partial charge in [0, 0.05) is 19.3 Å². The standard InChI is InChI=1S/C17H28N2O2/c1-5-12-18-17(3,16(20)21)11-8-13-19(4)15-10-7-6-9-14(15)2/h6-7,9-10,18H,5,8,11-13H2,1-4H3,(H,20,21). The number of hydrogen-bond donors (Lipinski definition) is 2. The van der Waals surface area contributed by atoms with Gasteiger partial charge in [0.15, 0.2) is 0 Å². The van der Waals surface area contributed by atoms with Crippen LogP contribution in [0.15, 0.2) is 24.3 Å². The molecule has 1 unspecified atom stereocenters. The third kappa shape index (κ3) is 5.05. The minimum absolute atomic E-state index is 0.624. The highest BCUT2D eigenvalue weighted by molar-refractivity contribution is 5.78. The second kappa shape index (κ2) is 8.03. The Morgan fingerprint density at radius 1 is 1.38 bits per heavy atom. The number of para-hydroxylation sites is 1. The number of carboxylic acid groups (broad SMARTS) is 1. The van der Waals surface area contributed by atoms with Crippen molar-refractivity contribution in [3.63, 3.8) is 0 Å². The Balaban J connectivity index is 2.54. The number of benzene rings is 1. The van der Waals surface area contributed by atoms with Gasteiger partial charge in [0.25, 0.3) is 0 Å². The van der Waals surface area contributed by atoms with Crippen LogP contribution in [-0.2, 0) is 4.79 Å². The molecular weight excluding hydrogens is 264 g/mol. The van der Waals surface area contributed by atoms with E-state index in [1.165, 1.54) is 11.3 Å². The fraction of sp³-hybridized carbons (Fsp3) is 0.588. The second-order valence-corrected chi connectivity index (χ2v) is 5.88. The summed E-state index contributed by atoms with van der Waals surface area (Å²) in [5.74, 6) is -0.769. The molecular formula is C17H28N2O2. The quantitative estimate of drug-likeness (QED) is 0.734. The lowest BCUT2D eigenvalue weighted by molar-refractivity contribution is -0.144. The highest BCUT2D eigenvalue weighted by Crippen LogP contribution is 2.19. The van der Waals surface area contributed by atoms with E-state index in [1.54, 1.807) is 6.92 Å². The maximum atomic E-state index is 11.5. The zero-order valence-corrected chi connectivity index (χ0v) is 13.6. The molecule has 0 radical (unpaired) electrons. The van der Waals surface area contributed by atoms with E-state index in [9.17, 15) is 9.90 Å². The van der Waals surface area contributed by atoms with Gasteiger partial charge in [0.1, 0.15) is 5.54 Å². The molecule has 0 aliphatic carbocycles. The van der Waals surface area contributed by atoms with E-state index in [0.29, 0.717) is 6.42 Å². The van der Waals surface area contributed by atoms with Crippen LogP contribution in [0.5, 0.6) is 0 Å². The highest BCUT2D eigenvalue weighted by atomic mass is 16.4. The third-order valence-corrected chi connectivity index (χ3v) is 3.93. The van der Waals surface area contributed by atoms with Gasteiger partial charge >= 0.3 is 5.97 Å². The molecule has 0 amide bonds. The van der Waals surface area contributed by atoms with Crippen LogP contribution < -0.4 is 10.2 Å². The molecule has 0 saturated heterocycles. The third-order valence-electron chi connectivity index (χ3n) is 3.93. The number of rotatable bonds is 9. The summed E-state index contributed by atoms with van der Waals surface area (Å²) >= 11 is 0. The SMILES string of the molecule is CCCNC(C)(CCCN(C)c1ccccc1C)C(=O)O. The lowest BCUT2D eigenvalue weighted by Crippen LogP contribution is -2.50. The van der Waals surface area contributed by atoms with E-state index < -0.39 is 11.5 Å². The predicted molar refractivity (Wildman–Crippen MR) is 88.0 cm³/mol. The van der Waals surface area contributed by atoms with Crippen LogP contribution in [0.3, 0.4) is 0 Å². The van der Waals surface area contributed by atoms with Gasteiger partial charge in [-0.2, -0.15) is 0 Å². The molecule has 118 valence electrons. The number of carboxylic acids is 1. The summed E-state index contributed by atoms with van der Waals surface area (Å²) < 4.78 is 0. The van der Waals surface area contributed by atoms with E-state index in [4.69, 9.17) is 0 Å². The van der Waals surface area contributed by atoms with Crippen molar-refractivity contribution in [3.8, 4) is 0 Å². The molecule has 0 bridgehead atoms. The number of hydrogen-bond acceptors (Lipinski definition) is 3. The van der Waals surface area contributed by atoms with Gasteiger partial charge in [-0.15, -0.1) is 0 Å². The Morgan fingerprint density at radius 2 is 2.05 bits per heavy atom. The van der Waals surface area contributed by atoms with Crippen LogP contribution in [0.4, 0.5) is 5.69 Å². The highest BCUT2D eigenvalue weighted by Gasteiger charge is 2.31. The molecule has 4 heteroatoms. The summed E-state index contributed by atoms with van der Waals surface area (Å²) in [6.07, 6.45) is 2.40. The fourth-order valence-corrected chi connectivity index (χ4v) is 2.45. The van der Waals surface area contributed by atoms with Crippen molar-refractivity contribution in [3.05, 3.63) is 29.8 Å². The van der Waals surface area contributed by atoms with Crippen molar-refractivity contribution >= 4 is 11.7 Å². The first kappa shape index (κ1) is 17.5. The van der Waals surface area contributed by atoms with Crippen LogP contribution in [0.25, 0.3) is 0 Å². The van der Waals surface area contributed by atoms with Gasteiger partial charge in [-0.3, -0.25) is 4.79 Å². The first-order valence-corrected chi connectivity index (χ1v) is 7.66. The number of aryl methyl sites for hydroxylation is 1. The molecule has 21 heavy (non-hydrogen) atoms. The van der Waals surface area contributed by atoms with Crippen molar-refractivity contribution in [1.29, 1.82) is 0 Å². The topological polar surface area (TPSA) is 52.6 Å². The Labute approximate surface area is 128 Å². The first-order chi connectivity index (χ1) is 9.90. The Bertz CT molecular complexity index is 462. The van der Waals surface area contributed by atoms with E-state index in [2.05, 4.69) is 36.3 Å². The van der Waals surface area contributed by atoms with Crippen molar-refractivity contribution in [2.24, 2.45) is 0 Å². The molecule has 0 aromatic heterocycles. The van der Waals surface area contributed by atoms with Crippen LogP contribution in [0.2, 0.25) is 0 Å². The van der Waals surface area contributed by atoms with Crippen molar-refractivity contribution in [1.82, 2.24) is 5.32 Å². The molecule has 0 heterocycles. The fourth-order valence-electron chi connectivity index (χ4n) is 2.45. The number of nitrogens with one attached hydrogen (secondary N) is 1. The molecule has 1 aromatic rings. The first-order valence-electron chi connectivity index (χ1n) is 7.66. The minimum atomic E-state index is -0.831. The summed E-state index contributed by atoms with van der Waals surface area (Å²) in [6.45, 7) is 7.49. The number of anilines is 1. The van der Waals surface area contributed by atoms with Crippen molar-refractivity contribution in [2.75, 3.05) is 25.0 Å². The lowest BCUT2D eigenvalue weighted by Gasteiger charge is -2.28. The summed E-state index contributed by atoms with van der Waals surface area (Å²) in [7, 11) is 2.06. The zero-order chi connectivity index (χ0) is 15.9. The molecule has 1 atom stereocenters. The number of carbonyl (C=O) groups is 1. The number of nitrogens with zero attached hydrogens (tertiary/aromatic N) is 1. The maximum absolute atomic E-state index is 11.5. The normalized spacial score (nSPS) is 13.7. The van der Waals surface area contributed by atoms with Gasteiger partial charge in [-0.05, 0) is 51.3 Å². The average Bonchev–Trinajstić information content (AvgIpc) is 2.45. The second-order valence-electron chi connectivity index (χ2n) is 5.88. The Morgan fingerprint density at radius 3 is 2.62 bits per heavy atom. The van der Waals surface area contributed by atoms with Gasteiger partial charge < -0.3 is 15.3 Å². The van der Waals surface area contributed by atoms with Crippen LogP contribution >= 0.6 is 0 Å². The monoisotopic (exact) mass is 292 g/mol. The van der Waals surface area contributed by atoms with E-state index in [0.717, 1.165) is 25.9 Å². The molecule has 0 aliphatic heterocycles. The summed E-state index contributed by atoms with van der Waals surface area (Å²) in [5.41, 5.74) is 1.61. The van der Waals surface area contributed by atoms with Crippen molar-refractivity contribution < 1.29 is 9.90 Å². The Hall–Kier alpha value is -1.55. The lowest BCUT2D eigenvalue weighted by atomic mass is 9.95. The van der Waals surface area contributed by atoms with Crippen LogP contribution in [0.1, 0.15) is 38.7 Å². The molecule has 0 fully saturated rings. The molecule has 0 saturated carbocycles. The molecule has 1 aromatic carbocycles. The molecule has 2 N–H and O–H groups in total. The molecule has 0 spiro atoms. The molecule has 0 aliphatic rings. The summed E-state index contributed by atoms with van der Waals surface area (Å²) in [6, 6.07) is 8.25. The molecule has 4 nitrogen and oxygen atoms in total. The molecule has 1 rings (SSSR count). The number of aliphatic carboxylic acids is 1. The maximum Gasteiger partial charge on any atom is 0.323 e. The van der Waals surface area contributed by atoms with Crippen molar-refractivity contribution in [2.45, 2.75) is 45.6 Å².